The van der Waals surface area contributed by atoms with Crippen LogP contribution in [-0.2, 0) is 4.74 Å². The summed E-state index contributed by atoms with van der Waals surface area (Å²) >= 11 is 0. The third-order valence-corrected chi connectivity index (χ3v) is 6.31. The lowest BCUT2D eigenvalue weighted by atomic mass is 9.90. The minimum Gasteiger partial charge on any atom is -0.381 e. The first-order chi connectivity index (χ1) is 12.8. The van der Waals surface area contributed by atoms with Gasteiger partial charge in [-0.2, -0.15) is 5.10 Å². The Morgan fingerprint density at radius 2 is 1.96 bits per heavy atom. The Bertz CT molecular complexity index is 716. The molecule has 26 heavy (non-hydrogen) atoms. The van der Waals surface area contributed by atoms with Gasteiger partial charge in [0.1, 0.15) is 11.8 Å². The molecule has 0 radical (unpaired) electrons. The maximum absolute atomic E-state index is 5.54. The van der Waals surface area contributed by atoms with E-state index in [1.54, 1.807) is 6.33 Å². The lowest BCUT2D eigenvalue weighted by Gasteiger charge is -2.34. The fourth-order valence-electron chi connectivity index (χ4n) is 4.53. The van der Waals surface area contributed by atoms with E-state index in [1.165, 1.54) is 31.2 Å². The number of nitrogens with zero attached hydrogens (tertiary/aromatic N) is 4. The fraction of sp³-hybridized carbons (Fsp3) is 0.700. The highest BCUT2D eigenvalue weighted by atomic mass is 16.5. The summed E-state index contributed by atoms with van der Waals surface area (Å²) in [5.41, 5.74) is 2.53. The number of aromatic nitrogens is 3. The van der Waals surface area contributed by atoms with Crippen molar-refractivity contribution in [3.05, 3.63) is 24.2 Å². The van der Waals surface area contributed by atoms with Crippen LogP contribution < -0.4 is 5.32 Å². The molecule has 6 nitrogen and oxygen atoms in total. The van der Waals surface area contributed by atoms with Crippen molar-refractivity contribution in [3.63, 3.8) is 0 Å². The largest absolute Gasteiger partial charge is 0.381 e. The topological polar surface area (TPSA) is 54.7 Å². The number of hydrogen-bond acceptors (Lipinski definition) is 5. The third-order valence-electron chi connectivity index (χ3n) is 6.31. The molecule has 2 fully saturated rings. The molecule has 142 valence electrons. The van der Waals surface area contributed by atoms with E-state index in [1.807, 2.05) is 4.52 Å². The van der Waals surface area contributed by atoms with Crippen molar-refractivity contribution in [1.82, 2.24) is 19.5 Å². The lowest BCUT2D eigenvalue weighted by Crippen LogP contribution is -2.38. The number of fused-ring (bicyclic) bond motifs is 1. The summed E-state index contributed by atoms with van der Waals surface area (Å²) < 4.78 is 7.53. The maximum atomic E-state index is 5.54. The summed E-state index contributed by atoms with van der Waals surface area (Å²) in [6.45, 7) is 5.08. The van der Waals surface area contributed by atoms with Crippen LogP contribution in [0.4, 0.5) is 5.82 Å². The second-order valence-corrected chi connectivity index (χ2v) is 7.78. The second-order valence-electron chi connectivity index (χ2n) is 7.78. The molecule has 1 aliphatic heterocycles. The van der Waals surface area contributed by atoms with Crippen molar-refractivity contribution in [2.45, 2.75) is 63.5 Å². The van der Waals surface area contributed by atoms with Crippen LogP contribution in [0.3, 0.4) is 0 Å². The molecular formula is C20H31N5O. The Hall–Kier alpha value is -1.66. The Kier molecular flexibility index (Phi) is 5.41. The number of anilines is 1. The average Bonchev–Trinajstić information content (AvgIpc) is 3.14. The Labute approximate surface area is 155 Å². The SMILES string of the molecule is CCN(C)[C@H]1CC[C@H](Nc2ncnn3ccc(C4CCOCC4)c23)CC1. The predicted molar refractivity (Wildman–Crippen MR) is 104 cm³/mol. The van der Waals surface area contributed by atoms with Gasteiger partial charge in [-0.15, -0.1) is 0 Å². The molecule has 1 saturated carbocycles. The van der Waals surface area contributed by atoms with Crippen molar-refractivity contribution in [1.29, 1.82) is 0 Å². The number of rotatable bonds is 5. The first-order valence-corrected chi connectivity index (χ1v) is 10.1. The van der Waals surface area contributed by atoms with Gasteiger partial charge in [0.25, 0.3) is 0 Å². The highest BCUT2D eigenvalue weighted by Crippen LogP contribution is 2.34. The predicted octanol–water partition coefficient (Wildman–Crippen LogP) is 3.30. The van der Waals surface area contributed by atoms with Crippen LogP contribution >= 0.6 is 0 Å². The van der Waals surface area contributed by atoms with Crippen LogP contribution in [0.2, 0.25) is 0 Å². The zero-order valence-electron chi connectivity index (χ0n) is 16.0. The molecule has 0 spiro atoms. The smallest absolute Gasteiger partial charge is 0.154 e. The van der Waals surface area contributed by atoms with Gasteiger partial charge in [-0.05, 0) is 69.7 Å². The minimum atomic E-state index is 0.507. The molecule has 0 unspecified atom stereocenters. The molecule has 2 aromatic heterocycles. The summed E-state index contributed by atoms with van der Waals surface area (Å²) in [6.07, 6.45) is 10.8. The average molecular weight is 358 g/mol. The van der Waals surface area contributed by atoms with Crippen molar-refractivity contribution < 1.29 is 4.74 Å². The van der Waals surface area contributed by atoms with E-state index in [4.69, 9.17) is 4.74 Å². The van der Waals surface area contributed by atoms with Crippen molar-refractivity contribution >= 4 is 11.3 Å². The number of ether oxygens (including phenoxy) is 1. The molecule has 2 aromatic rings. The third kappa shape index (κ3) is 3.58. The summed E-state index contributed by atoms with van der Waals surface area (Å²) in [5.74, 6) is 1.55. The van der Waals surface area contributed by atoms with Gasteiger partial charge >= 0.3 is 0 Å². The molecule has 0 aromatic carbocycles. The van der Waals surface area contributed by atoms with Crippen LogP contribution in [0.1, 0.15) is 56.9 Å². The van der Waals surface area contributed by atoms with Crippen molar-refractivity contribution in [2.24, 2.45) is 0 Å². The van der Waals surface area contributed by atoms with Crippen molar-refractivity contribution in [2.75, 3.05) is 32.1 Å². The van der Waals surface area contributed by atoms with Gasteiger partial charge in [-0.25, -0.2) is 9.50 Å². The monoisotopic (exact) mass is 357 g/mol. The van der Waals surface area contributed by atoms with E-state index >= 15 is 0 Å². The molecule has 1 saturated heterocycles. The van der Waals surface area contributed by atoms with Gasteiger partial charge in [-0.1, -0.05) is 6.92 Å². The molecule has 0 atom stereocenters. The summed E-state index contributed by atoms with van der Waals surface area (Å²) in [7, 11) is 2.24. The van der Waals surface area contributed by atoms with Gasteiger partial charge in [0.15, 0.2) is 5.82 Å². The quantitative estimate of drug-likeness (QED) is 0.890. The summed E-state index contributed by atoms with van der Waals surface area (Å²) in [4.78, 5) is 7.10. The normalized spacial score (nSPS) is 25.0. The van der Waals surface area contributed by atoms with E-state index in [9.17, 15) is 0 Å². The molecule has 2 aliphatic rings. The zero-order valence-corrected chi connectivity index (χ0v) is 16.0. The Morgan fingerprint density at radius 1 is 1.19 bits per heavy atom. The summed E-state index contributed by atoms with van der Waals surface area (Å²) in [5, 5.41) is 8.17. The molecule has 0 amide bonds. The van der Waals surface area contributed by atoms with E-state index in [2.05, 4.69) is 46.5 Å². The van der Waals surface area contributed by atoms with Gasteiger partial charge in [-0.3, -0.25) is 0 Å². The minimum absolute atomic E-state index is 0.507. The van der Waals surface area contributed by atoms with Crippen LogP contribution in [0.5, 0.6) is 0 Å². The van der Waals surface area contributed by atoms with Crippen molar-refractivity contribution in [3.8, 4) is 0 Å². The number of hydrogen-bond donors (Lipinski definition) is 1. The molecule has 0 bridgehead atoms. The second kappa shape index (κ2) is 7.92. The molecule has 1 N–H and O–H groups in total. The van der Waals surface area contributed by atoms with Crippen LogP contribution in [0.15, 0.2) is 18.6 Å². The highest BCUT2D eigenvalue weighted by Gasteiger charge is 2.26. The molecule has 1 aliphatic carbocycles. The first-order valence-electron chi connectivity index (χ1n) is 10.1. The van der Waals surface area contributed by atoms with Gasteiger partial charge in [0, 0.05) is 31.5 Å². The van der Waals surface area contributed by atoms with Gasteiger partial charge < -0.3 is 15.0 Å². The summed E-state index contributed by atoms with van der Waals surface area (Å²) in [6, 6.07) is 3.46. The van der Waals surface area contributed by atoms with Gasteiger partial charge in [0.2, 0.25) is 0 Å². The van der Waals surface area contributed by atoms with Crippen LogP contribution in [0, 0.1) is 0 Å². The zero-order chi connectivity index (χ0) is 17.9. The lowest BCUT2D eigenvalue weighted by molar-refractivity contribution is 0.0856. The van der Waals surface area contributed by atoms with Crippen LogP contribution in [0.25, 0.3) is 5.52 Å². The number of nitrogens with one attached hydrogen (secondary N) is 1. The van der Waals surface area contributed by atoms with E-state index in [0.29, 0.717) is 12.0 Å². The first kappa shape index (κ1) is 17.7. The fourth-order valence-corrected chi connectivity index (χ4v) is 4.53. The molecule has 4 rings (SSSR count). The Balaban J connectivity index is 1.51. The van der Waals surface area contributed by atoms with Crippen LogP contribution in [-0.4, -0.2) is 58.4 Å². The molecule has 6 heteroatoms. The van der Waals surface area contributed by atoms with E-state index < -0.39 is 0 Å². The molecule has 3 heterocycles. The highest BCUT2D eigenvalue weighted by molar-refractivity contribution is 5.73. The van der Waals surface area contributed by atoms with E-state index in [0.717, 1.165) is 50.0 Å². The van der Waals surface area contributed by atoms with Gasteiger partial charge in [0.05, 0.1) is 0 Å². The standard InChI is InChI=1S/C20H31N5O/c1-3-24(2)17-6-4-16(5-7-17)23-20-19-18(15-9-12-26-13-10-15)8-11-25(19)22-14-21-20/h8,11,14-17H,3-7,9-10,12-13H2,1-2H3,(H,21,22,23)/t16-,17-. The molecular weight excluding hydrogens is 326 g/mol. The van der Waals surface area contributed by atoms with E-state index in [-0.39, 0.29) is 0 Å². The maximum Gasteiger partial charge on any atom is 0.154 e. The Morgan fingerprint density at radius 3 is 2.69 bits per heavy atom.